The molecular formula is C19H30O2. The van der Waals surface area contributed by atoms with Gasteiger partial charge in [-0.2, -0.15) is 0 Å². The Morgan fingerprint density at radius 1 is 1.00 bits per heavy atom. The molecule has 1 N–H and O–H groups in total. The van der Waals surface area contributed by atoms with Crippen molar-refractivity contribution in [3.05, 3.63) is 0 Å². The topological polar surface area (TPSA) is 37.3 Å². The zero-order chi connectivity index (χ0) is 14.8. The van der Waals surface area contributed by atoms with Gasteiger partial charge in [0.05, 0.1) is 6.10 Å². The summed E-state index contributed by atoms with van der Waals surface area (Å²) in [6.07, 6.45) is 10.1. The lowest BCUT2D eigenvalue weighted by molar-refractivity contribution is -0.144. The third kappa shape index (κ3) is 1.84. The Morgan fingerprint density at radius 3 is 2.57 bits per heavy atom. The lowest BCUT2D eigenvalue weighted by Gasteiger charge is -2.60. The Labute approximate surface area is 128 Å². The van der Waals surface area contributed by atoms with Gasteiger partial charge in [0, 0.05) is 11.8 Å². The summed E-state index contributed by atoms with van der Waals surface area (Å²) in [7, 11) is 0. The van der Waals surface area contributed by atoms with Crippen LogP contribution in [0.1, 0.15) is 71.6 Å². The summed E-state index contributed by atoms with van der Waals surface area (Å²) in [5.41, 5.74) is 0.338. The van der Waals surface area contributed by atoms with Crippen LogP contribution in [0.15, 0.2) is 0 Å². The van der Waals surface area contributed by atoms with Crippen molar-refractivity contribution in [2.24, 2.45) is 34.5 Å². The zero-order valence-corrected chi connectivity index (χ0v) is 13.6. The van der Waals surface area contributed by atoms with Gasteiger partial charge in [0.25, 0.3) is 0 Å². The summed E-state index contributed by atoms with van der Waals surface area (Å²) < 4.78 is 0. The van der Waals surface area contributed by atoms with Gasteiger partial charge in [-0.3, -0.25) is 4.79 Å². The molecule has 0 aromatic heterocycles. The molecule has 0 heterocycles. The SMILES string of the molecule is CC12CCC3C(CCC4CCC(O)CC43C)C1CCC2=O. The molecule has 0 aromatic carbocycles. The summed E-state index contributed by atoms with van der Waals surface area (Å²) in [6.45, 7) is 4.73. The van der Waals surface area contributed by atoms with E-state index in [0.717, 1.165) is 49.9 Å². The van der Waals surface area contributed by atoms with E-state index in [1.54, 1.807) is 0 Å². The monoisotopic (exact) mass is 290 g/mol. The quantitative estimate of drug-likeness (QED) is 0.733. The van der Waals surface area contributed by atoms with Crippen LogP contribution in [0.4, 0.5) is 0 Å². The van der Waals surface area contributed by atoms with Gasteiger partial charge in [0.2, 0.25) is 0 Å². The van der Waals surface area contributed by atoms with Crippen molar-refractivity contribution in [1.29, 1.82) is 0 Å². The lowest BCUT2D eigenvalue weighted by Crippen LogP contribution is -2.54. The highest BCUT2D eigenvalue weighted by molar-refractivity contribution is 5.87. The maximum Gasteiger partial charge on any atom is 0.139 e. The van der Waals surface area contributed by atoms with Crippen molar-refractivity contribution in [1.82, 2.24) is 0 Å². The normalized spacial score (nSPS) is 56.5. The molecule has 0 radical (unpaired) electrons. The molecule has 0 saturated heterocycles. The fourth-order valence-electron chi connectivity index (χ4n) is 7.10. The first-order chi connectivity index (χ1) is 9.95. The number of carbonyl (C=O) groups excluding carboxylic acids is 1. The van der Waals surface area contributed by atoms with E-state index in [0.29, 0.717) is 17.1 Å². The minimum atomic E-state index is -0.0801. The second-order valence-corrected chi connectivity index (χ2v) is 9.01. The minimum Gasteiger partial charge on any atom is -0.393 e. The predicted octanol–water partition coefficient (Wildman–Crippen LogP) is 3.96. The number of rotatable bonds is 0. The average Bonchev–Trinajstić information content (AvgIpc) is 2.74. The Bertz CT molecular complexity index is 458. The summed E-state index contributed by atoms with van der Waals surface area (Å²) in [6, 6.07) is 0. The molecule has 0 bridgehead atoms. The maximum absolute atomic E-state index is 12.4. The zero-order valence-electron chi connectivity index (χ0n) is 13.6. The maximum atomic E-state index is 12.4. The van der Waals surface area contributed by atoms with Crippen LogP contribution in [0, 0.1) is 34.5 Å². The van der Waals surface area contributed by atoms with Gasteiger partial charge in [-0.05, 0) is 80.5 Å². The van der Waals surface area contributed by atoms with E-state index in [1.165, 1.54) is 25.7 Å². The standard InChI is InChI=1S/C19H30O2/c1-18-10-9-16-14(15(18)7-8-17(18)21)6-4-12-3-5-13(20)11-19(12,16)2/h12-16,20H,3-11H2,1-2H3. The molecule has 4 saturated carbocycles. The third-order valence-corrected chi connectivity index (χ3v) is 8.30. The van der Waals surface area contributed by atoms with Crippen molar-refractivity contribution in [3.8, 4) is 0 Å². The van der Waals surface area contributed by atoms with E-state index in [9.17, 15) is 9.90 Å². The van der Waals surface area contributed by atoms with Crippen LogP contribution in [-0.4, -0.2) is 17.0 Å². The van der Waals surface area contributed by atoms with Gasteiger partial charge in [-0.1, -0.05) is 13.8 Å². The first-order valence-electron chi connectivity index (χ1n) is 9.16. The lowest BCUT2D eigenvalue weighted by atomic mass is 9.45. The highest BCUT2D eigenvalue weighted by Crippen LogP contribution is 2.65. The van der Waals surface area contributed by atoms with Crippen LogP contribution < -0.4 is 0 Å². The smallest absolute Gasteiger partial charge is 0.139 e. The molecule has 4 aliphatic carbocycles. The second-order valence-electron chi connectivity index (χ2n) is 9.01. The predicted molar refractivity (Wildman–Crippen MR) is 82.7 cm³/mol. The van der Waals surface area contributed by atoms with Crippen LogP contribution >= 0.6 is 0 Å². The number of Topliss-reactive ketones (excluding diaryl/α,β-unsaturated/α-hetero) is 1. The van der Waals surface area contributed by atoms with E-state index in [-0.39, 0.29) is 11.5 Å². The van der Waals surface area contributed by atoms with Crippen molar-refractivity contribution >= 4 is 5.78 Å². The molecule has 2 heteroatoms. The van der Waals surface area contributed by atoms with Gasteiger partial charge < -0.3 is 5.11 Å². The van der Waals surface area contributed by atoms with E-state index >= 15 is 0 Å². The second kappa shape index (κ2) is 4.57. The Morgan fingerprint density at radius 2 is 1.76 bits per heavy atom. The first kappa shape index (κ1) is 14.2. The van der Waals surface area contributed by atoms with Crippen LogP contribution in [-0.2, 0) is 4.79 Å². The highest BCUT2D eigenvalue weighted by Gasteiger charge is 2.60. The molecule has 4 rings (SSSR count). The molecule has 21 heavy (non-hydrogen) atoms. The van der Waals surface area contributed by atoms with Crippen molar-refractivity contribution in [3.63, 3.8) is 0 Å². The molecule has 0 spiro atoms. The van der Waals surface area contributed by atoms with Gasteiger partial charge in [-0.15, -0.1) is 0 Å². The van der Waals surface area contributed by atoms with Crippen LogP contribution in [0.3, 0.4) is 0 Å². The molecule has 118 valence electrons. The van der Waals surface area contributed by atoms with Crippen LogP contribution in [0.5, 0.6) is 0 Å². The van der Waals surface area contributed by atoms with E-state index in [1.807, 2.05) is 0 Å². The fraction of sp³-hybridized carbons (Fsp3) is 0.947. The number of hydrogen-bond donors (Lipinski definition) is 1. The fourth-order valence-corrected chi connectivity index (χ4v) is 7.10. The van der Waals surface area contributed by atoms with Crippen molar-refractivity contribution < 1.29 is 9.90 Å². The van der Waals surface area contributed by atoms with Crippen LogP contribution in [0.25, 0.3) is 0 Å². The van der Waals surface area contributed by atoms with Gasteiger partial charge in [-0.25, -0.2) is 0 Å². The average molecular weight is 290 g/mol. The molecule has 0 amide bonds. The molecule has 7 unspecified atom stereocenters. The summed E-state index contributed by atoms with van der Waals surface area (Å²) in [5.74, 6) is 3.52. The highest BCUT2D eigenvalue weighted by atomic mass is 16.3. The number of aliphatic hydroxyl groups is 1. The van der Waals surface area contributed by atoms with Gasteiger partial charge in [0.1, 0.15) is 5.78 Å². The number of carbonyl (C=O) groups is 1. The van der Waals surface area contributed by atoms with Crippen molar-refractivity contribution in [2.75, 3.05) is 0 Å². The molecule has 0 aliphatic heterocycles. The first-order valence-corrected chi connectivity index (χ1v) is 9.16. The molecule has 4 fully saturated rings. The van der Waals surface area contributed by atoms with Crippen molar-refractivity contribution in [2.45, 2.75) is 77.7 Å². The van der Waals surface area contributed by atoms with E-state index in [4.69, 9.17) is 0 Å². The van der Waals surface area contributed by atoms with Crippen LogP contribution in [0.2, 0.25) is 0 Å². The molecule has 7 atom stereocenters. The van der Waals surface area contributed by atoms with E-state index in [2.05, 4.69) is 13.8 Å². The van der Waals surface area contributed by atoms with Gasteiger partial charge >= 0.3 is 0 Å². The largest absolute Gasteiger partial charge is 0.393 e. The molecule has 0 aromatic rings. The minimum absolute atomic E-state index is 0.00234. The summed E-state index contributed by atoms with van der Waals surface area (Å²) >= 11 is 0. The molecule has 4 aliphatic rings. The molecule has 2 nitrogen and oxygen atoms in total. The number of hydrogen-bond acceptors (Lipinski definition) is 2. The summed E-state index contributed by atoms with van der Waals surface area (Å²) in [4.78, 5) is 12.4. The number of ketones is 1. The summed E-state index contributed by atoms with van der Waals surface area (Å²) in [5, 5.41) is 10.2. The Hall–Kier alpha value is -0.370. The van der Waals surface area contributed by atoms with E-state index < -0.39 is 0 Å². The Balaban J connectivity index is 1.66. The van der Waals surface area contributed by atoms with Gasteiger partial charge in [0.15, 0.2) is 0 Å². The Kier molecular flexibility index (Phi) is 3.10. The number of fused-ring (bicyclic) bond motifs is 5. The third-order valence-electron chi connectivity index (χ3n) is 8.30. The number of aliphatic hydroxyl groups excluding tert-OH is 1. The molecular weight excluding hydrogens is 260 g/mol.